The molecule has 2 fully saturated rings. The Labute approximate surface area is 346 Å². The minimum atomic E-state index is -0.683. The van der Waals surface area contributed by atoms with Gasteiger partial charge in [-0.1, -0.05) is 72.6 Å². The molecule has 0 bridgehead atoms. The van der Waals surface area contributed by atoms with Gasteiger partial charge in [0, 0.05) is 36.6 Å². The van der Waals surface area contributed by atoms with Crippen LogP contribution in [0.1, 0.15) is 89.1 Å². The number of aryl methyl sites for hydroxylation is 2. The van der Waals surface area contributed by atoms with Crippen LogP contribution in [0.5, 0.6) is 11.5 Å². The Morgan fingerprint density at radius 1 is 0.897 bits per heavy atom. The molecule has 2 aliphatic carbocycles. The van der Waals surface area contributed by atoms with Crippen molar-refractivity contribution in [3.63, 3.8) is 0 Å². The summed E-state index contributed by atoms with van der Waals surface area (Å²) in [5, 5.41) is 29.9. The average molecular weight is 796 g/mol. The first kappa shape index (κ1) is 39.6. The average Bonchev–Trinajstić information content (AvgIpc) is 4.00. The zero-order valence-corrected chi connectivity index (χ0v) is 34.0. The first-order valence-corrected chi connectivity index (χ1v) is 20.9. The van der Waals surface area contributed by atoms with Crippen molar-refractivity contribution in [1.29, 1.82) is 5.26 Å². The third-order valence-corrected chi connectivity index (χ3v) is 13.1. The van der Waals surface area contributed by atoms with Crippen LogP contribution in [0, 0.1) is 37.0 Å². The Hall–Kier alpha value is -5.20. The van der Waals surface area contributed by atoms with Crippen LogP contribution in [0.2, 0.25) is 5.02 Å². The minimum absolute atomic E-state index is 0.238. The highest BCUT2D eigenvalue weighted by Gasteiger charge is 2.36. The summed E-state index contributed by atoms with van der Waals surface area (Å²) in [6, 6.07) is 27.7. The van der Waals surface area contributed by atoms with Crippen molar-refractivity contribution in [3.05, 3.63) is 135 Å². The Morgan fingerprint density at radius 3 is 2.47 bits per heavy atom. The number of carboxylic acid groups (broad SMARTS) is 1. The molecule has 2 heterocycles. The van der Waals surface area contributed by atoms with Crippen molar-refractivity contribution in [1.82, 2.24) is 9.88 Å². The fraction of sp³-hybridized carbons (Fsp3) is 0.367. The van der Waals surface area contributed by atoms with E-state index in [4.69, 9.17) is 21.1 Å². The van der Waals surface area contributed by atoms with E-state index in [9.17, 15) is 20.3 Å². The lowest BCUT2D eigenvalue weighted by molar-refractivity contribution is -0.141. The third kappa shape index (κ3) is 8.35. The fourth-order valence-corrected chi connectivity index (χ4v) is 9.68. The summed E-state index contributed by atoms with van der Waals surface area (Å²) < 4.78 is 12.8. The monoisotopic (exact) mass is 795 g/mol. The fourth-order valence-electron chi connectivity index (χ4n) is 9.44. The molecule has 4 aromatic carbocycles. The molecule has 1 unspecified atom stereocenters. The lowest BCUT2D eigenvalue weighted by atomic mass is 9.89. The van der Waals surface area contributed by atoms with Crippen molar-refractivity contribution < 1.29 is 24.5 Å². The van der Waals surface area contributed by atoms with E-state index in [1.54, 1.807) is 12.3 Å². The largest absolute Gasteiger partial charge is 0.488 e. The Morgan fingerprint density at radius 2 is 1.69 bits per heavy atom. The maximum absolute atomic E-state index is 11.6. The van der Waals surface area contributed by atoms with Gasteiger partial charge in [-0.3, -0.25) is 14.7 Å². The first-order valence-electron chi connectivity index (χ1n) is 20.6. The number of pyridine rings is 1. The van der Waals surface area contributed by atoms with Crippen LogP contribution in [0.3, 0.4) is 0 Å². The number of rotatable bonds is 13. The number of hydrogen-bond donors (Lipinski definition) is 2. The van der Waals surface area contributed by atoms with Gasteiger partial charge in [0.15, 0.2) is 0 Å². The third-order valence-electron chi connectivity index (χ3n) is 12.8. The lowest BCUT2D eigenvalue weighted by Gasteiger charge is -2.24. The maximum atomic E-state index is 11.6. The molecule has 58 heavy (non-hydrogen) atoms. The zero-order chi connectivity index (χ0) is 40.3. The summed E-state index contributed by atoms with van der Waals surface area (Å²) in [5.74, 6) is 0.500. The van der Waals surface area contributed by atoms with Gasteiger partial charge in [0.1, 0.15) is 30.8 Å². The molecule has 1 aromatic heterocycles. The van der Waals surface area contributed by atoms with E-state index < -0.39 is 5.97 Å². The van der Waals surface area contributed by atoms with Gasteiger partial charge in [0.25, 0.3) is 0 Å². The lowest BCUT2D eigenvalue weighted by Crippen LogP contribution is -2.26. The number of aromatic nitrogens is 1. The highest BCUT2D eigenvalue weighted by Crippen LogP contribution is 2.42. The topological polar surface area (TPSA) is 116 Å². The van der Waals surface area contributed by atoms with Crippen molar-refractivity contribution in [2.24, 2.45) is 11.8 Å². The predicted molar refractivity (Wildman–Crippen MR) is 226 cm³/mol. The number of carboxylic acids is 1. The number of halogens is 1. The van der Waals surface area contributed by atoms with E-state index in [1.165, 1.54) is 39.6 Å². The quantitative estimate of drug-likeness (QED) is 0.121. The minimum Gasteiger partial charge on any atom is -0.488 e. The Bertz CT molecular complexity index is 2370. The number of ether oxygens (including phenoxy) is 2. The highest BCUT2D eigenvalue weighted by atomic mass is 35.5. The van der Waals surface area contributed by atoms with Gasteiger partial charge in [-0.25, -0.2) is 0 Å². The van der Waals surface area contributed by atoms with E-state index in [2.05, 4.69) is 84.4 Å². The number of aliphatic hydroxyl groups is 1. The number of hydrogen-bond acceptors (Lipinski definition) is 7. The molecule has 2 N–H and O–H groups in total. The number of benzene rings is 4. The summed E-state index contributed by atoms with van der Waals surface area (Å²) in [4.78, 5) is 18.2. The van der Waals surface area contributed by atoms with Crippen LogP contribution < -0.4 is 9.47 Å². The van der Waals surface area contributed by atoms with Gasteiger partial charge < -0.3 is 19.7 Å². The summed E-state index contributed by atoms with van der Waals surface area (Å²) >= 11 is 6.91. The van der Waals surface area contributed by atoms with Crippen LogP contribution in [0.4, 0.5) is 0 Å². The van der Waals surface area contributed by atoms with Gasteiger partial charge >= 0.3 is 5.97 Å². The molecule has 1 aliphatic heterocycles. The molecule has 0 radical (unpaired) electrons. The second kappa shape index (κ2) is 17.3. The van der Waals surface area contributed by atoms with E-state index >= 15 is 0 Å². The Kier molecular flexibility index (Phi) is 11.8. The van der Waals surface area contributed by atoms with Crippen molar-refractivity contribution in [3.8, 4) is 39.8 Å². The summed E-state index contributed by atoms with van der Waals surface area (Å²) in [6.45, 7) is 6.36. The number of aliphatic carboxylic acids is 1. The smallest absolute Gasteiger partial charge is 0.307 e. The molecule has 298 valence electrons. The maximum Gasteiger partial charge on any atom is 0.307 e. The molecule has 0 amide bonds. The second-order valence-corrected chi connectivity index (χ2v) is 16.7. The molecule has 4 atom stereocenters. The van der Waals surface area contributed by atoms with Crippen molar-refractivity contribution >= 4 is 17.6 Å². The number of likely N-dealkylation sites (tertiary alicyclic amines) is 1. The van der Waals surface area contributed by atoms with Crippen LogP contribution in [-0.4, -0.2) is 45.3 Å². The van der Waals surface area contributed by atoms with Gasteiger partial charge in [-0.15, -0.1) is 0 Å². The number of nitrogens with zero attached hydrogens (tertiary/aromatic N) is 3. The predicted octanol–water partition coefficient (Wildman–Crippen LogP) is 10.2. The van der Waals surface area contributed by atoms with Crippen molar-refractivity contribution in [2.45, 2.75) is 90.6 Å². The zero-order valence-electron chi connectivity index (χ0n) is 33.2. The van der Waals surface area contributed by atoms with E-state index in [0.29, 0.717) is 47.7 Å². The van der Waals surface area contributed by atoms with Crippen molar-refractivity contribution in [2.75, 3.05) is 13.1 Å². The van der Waals surface area contributed by atoms with Crippen LogP contribution in [0.25, 0.3) is 22.3 Å². The molecule has 8 nitrogen and oxygen atoms in total. The molecule has 1 saturated heterocycles. The molecule has 1 saturated carbocycles. The van der Waals surface area contributed by atoms with Gasteiger partial charge in [-0.05, 0) is 139 Å². The molecule has 9 heteroatoms. The van der Waals surface area contributed by atoms with Crippen LogP contribution in [0.15, 0.2) is 85.2 Å². The molecule has 3 aliphatic rings. The standard InChI is InChI=1S/C49H50ClN3O5/c1-30-39(29-58-48-23-47(57-28-33-20-32(24-51)25-52-26-33)37(22-44(48)50)13-12-34-6-4-11-46(34)54)7-3-9-41(30)42-10-5-8-40(31(42)2)35-14-16-43-36(21-35)15-17-45(43)53-19-18-38(27-53)49(55)56/h3,5,7-10,14,16,20-23,25-26,34,38,45-46,54H,4,6,11-13,15,17-19,27-29H2,1-2H3,(H,55,56)/t34-,38-,45?,46-/m0/s1. The number of nitriles is 1. The van der Waals surface area contributed by atoms with Gasteiger partial charge in [0.2, 0.25) is 0 Å². The number of carbonyl (C=O) groups is 1. The Balaban J connectivity index is 1.01. The van der Waals surface area contributed by atoms with E-state index in [1.807, 2.05) is 12.1 Å². The summed E-state index contributed by atoms with van der Waals surface area (Å²) in [6.07, 6.45) is 10.2. The van der Waals surface area contributed by atoms with E-state index in [-0.39, 0.29) is 24.5 Å². The SMILES string of the molecule is Cc1c(COc2cc(OCc3cncc(C#N)c3)c(CC[C@@H]3CCC[C@@H]3O)cc2Cl)cccc1-c1cccc(-c2ccc3c(c2)CCC3N2CC[C@H](C(=O)O)C2)c1C. The molecule has 0 spiro atoms. The normalized spacial score (nSPS) is 20.2. The number of fused-ring (bicyclic) bond motifs is 1. The van der Waals surface area contributed by atoms with Crippen LogP contribution >= 0.6 is 11.6 Å². The van der Waals surface area contributed by atoms with Gasteiger partial charge in [0.05, 0.1) is 22.6 Å². The molecular formula is C49H50ClN3O5. The summed E-state index contributed by atoms with van der Waals surface area (Å²) in [7, 11) is 0. The summed E-state index contributed by atoms with van der Waals surface area (Å²) in [5.41, 5.74) is 13.0. The first-order chi connectivity index (χ1) is 28.2. The molecule has 8 rings (SSSR count). The second-order valence-electron chi connectivity index (χ2n) is 16.3. The van der Waals surface area contributed by atoms with Gasteiger partial charge in [-0.2, -0.15) is 5.26 Å². The van der Waals surface area contributed by atoms with Crippen LogP contribution in [-0.2, 0) is 30.8 Å². The highest BCUT2D eigenvalue weighted by molar-refractivity contribution is 6.32. The molecule has 5 aromatic rings. The van der Waals surface area contributed by atoms with E-state index in [0.717, 1.165) is 79.3 Å². The molecular weight excluding hydrogens is 746 g/mol. The number of aliphatic hydroxyl groups excluding tert-OH is 1.